The molecule has 1 unspecified atom stereocenters. The van der Waals surface area contributed by atoms with Crippen LogP contribution in [0, 0.1) is 24.0 Å². The molecule has 0 spiro atoms. The molecule has 1 aromatic carbocycles. The Morgan fingerprint density at radius 3 is 2.48 bits per heavy atom. The quantitative estimate of drug-likeness (QED) is 0.371. The maximum atomic E-state index is 13.1. The number of rotatable bonds is 7. The highest BCUT2D eigenvalue weighted by Crippen LogP contribution is 2.37. The lowest BCUT2D eigenvalue weighted by molar-refractivity contribution is -0.384. The second-order valence-corrected chi connectivity index (χ2v) is 7.23. The molecule has 1 atom stereocenters. The van der Waals surface area contributed by atoms with E-state index in [9.17, 15) is 19.7 Å². The van der Waals surface area contributed by atoms with Crippen LogP contribution >= 0.6 is 0 Å². The van der Waals surface area contributed by atoms with Crippen molar-refractivity contribution in [3.8, 4) is 11.1 Å². The summed E-state index contributed by atoms with van der Waals surface area (Å²) in [5.41, 5.74) is 0.569. The number of aryl methyl sites for hydroxylation is 2. The molecule has 9 nitrogen and oxygen atoms in total. The van der Waals surface area contributed by atoms with Crippen molar-refractivity contribution >= 4 is 17.6 Å². The average molecular weight is 428 g/mol. The van der Waals surface area contributed by atoms with Gasteiger partial charge in [-0.2, -0.15) is 0 Å². The lowest BCUT2D eigenvalue weighted by atomic mass is 9.91. The summed E-state index contributed by atoms with van der Waals surface area (Å²) in [6, 6.07) is 5.91. The Morgan fingerprint density at radius 2 is 1.87 bits per heavy atom. The molecule has 1 aliphatic rings. The number of nitro groups is 1. The number of esters is 2. The van der Waals surface area contributed by atoms with Crippen molar-refractivity contribution in [3.05, 3.63) is 56.9 Å². The molecule has 1 aliphatic heterocycles. The number of hydrogen-bond acceptors (Lipinski definition) is 8. The highest BCUT2D eigenvalue weighted by Gasteiger charge is 2.31. The Morgan fingerprint density at radius 1 is 1.19 bits per heavy atom. The third-order valence-corrected chi connectivity index (χ3v) is 5.22. The van der Waals surface area contributed by atoms with Gasteiger partial charge in [-0.3, -0.25) is 15.1 Å². The Hall–Kier alpha value is -3.33. The van der Waals surface area contributed by atoms with Crippen LogP contribution in [0.5, 0.6) is 0 Å². The highest BCUT2D eigenvalue weighted by atomic mass is 16.6. The average Bonchev–Trinajstić information content (AvgIpc) is 3.26. The van der Waals surface area contributed by atoms with Crippen LogP contribution in [0.4, 0.5) is 5.69 Å². The number of aromatic nitrogens is 1. The SMILES string of the molecule is COC(=O)c1c(C)nc(C)c(C(=O)OCCC2CCCO2)c1-c1ccccc1[N+](=O)[O-]. The van der Waals surface area contributed by atoms with Gasteiger partial charge in [0.05, 0.1) is 52.8 Å². The number of nitrogens with zero attached hydrogens (tertiary/aromatic N) is 2. The zero-order chi connectivity index (χ0) is 22.5. The lowest BCUT2D eigenvalue weighted by Gasteiger charge is -2.18. The number of carbonyl (C=O) groups excluding carboxylic acids is 2. The van der Waals surface area contributed by atoms with E-state index in [2.05, 4.69) is 4.98 Å². The summed E-state index contributed by atoms with van der Waals surface area (Å²) in [7, 11) is 1.20. The van der Waals surface area contributed by atoms with Crippen LogP contribution in [0.15, 0.2) is 24.3 Å². The van der Waals surface area contributed by atoms with Gasteiger partial charge in [-0.1, -0.05) is 12.1 Å². The van der Waals surface area contributed by atoms with E-state index in [0.717, 1.165) is 12.8 Å². The van der Waals surface area contributed by atoms with E-state index >= 15 is 0 Å². The molecule has 0 N–H and O–H groups in total. The Kier molecular flexibility index (Phi) is 6.96. The van der Waals surface area contributed by atoms with Gasteiger partial charge in [-0.25, -0.2) is 9.59 Å². The summed E-state index contributed by atoms with van der Waals surface area (Å²) >= 11 is 0. The standard InChI is InChI=1S/C22H24N2O7/c1-13-18(21(25)29-3)20(16-8-4-5-9-17(16)24(27)28)19(14(2)23-13)22(26)31-12-10-15-7-6-11-30-15/h4-5,8-9,15H,6-7,10-12H2,1-3H3. The van der Waals surface area contributed by atoms with Crippen molar-refractivity contribution in [1.29, 1.82) is 0 Å². The third kappa shape index (κ3) is 4.72. The predicted molar refractivity (Wildman–Crippen MR) is 111 cm³/mol. The van der Waals surface area contributed by atoms with Crippen LogP contribution in [0.1, 0.15) is 51.4 Å². The molecule has 164 valence electrons. The predicted octanol–water partition coefficient (Wildman–Crippen LogP) is 3.79. The van der Waals surface area contributed by atoms with Gasteiger partial charge in [0, 0.05) is 24.7 Å². The minimum absolute atomic E-state index is 0.00604. The van der Waals surface area contributed by atoms with E-state index in [1.165, 1.54) is 25.3 Å². The fourth-order valence-corrected chi connectivity index (χ4v) is 3.79. The molecule has 2 aromatic rings. The van der Waals surface area contributed by atoms with Crippen LogP contribution in [-0.4, -0.2) is 48.3 Å². The largest absolute Gasteiger partial charge is 0.465 e. The normalized spacial score (nSPS) is 15.5. The Bertz CT molecular complexity index is 1010. The van der Waals surface area contributed by atoms with Gasteiger partial charge in [0.1, 0.15) is 0 Å². The number of ether oxygens (including phenoxy) is 3. The minimum atomic E-state index is -0.744. The van der Waals surface area contributed by atoms with Crippen molar-refractivity contribution in [2.45, 2.75) is 39.2 Å². The second-order valence-electron chi connectivity index (χ2n) is 7.23. The first-order valence-electron chi connectivity index (χ1n) is 9.97. The summed E-state index contributed by atoms with van der Waals surface area (Å²) in [5, 5.41) is 11.7. The van der Waals surface area contributed by atoms with Gasteiger partial charge >= 0.3 is 11.9 Å². The zero-order valence-electron chi connectivity index (χ0n) is 17.7. The molecule has 1 fully saturated rings. The van der Waals surface area contributed by atoms with E-state index in [1.54, 1.807) is 19.9 Å². The summed E-state index contributed by atoms with van der Waals surface area (Å²) in [4.78, 5) is 41.1. The second kappa shape index (κ2) is 9.65. The molecule has 2 heterocycles. The van der Waals surface area contributed by atoms with Crippen molar-refractivity contribution in [2.75, 3.05) is 20.3 Å². The van der Waals surface area contributed by atoms with Gasteiger partial charge in [0.15, 0.2) is 0 Å². The van der Waals surface area contributed by atoms with Crippen LogP contribution in [-0.2, 0) is 14.2 Å². The molecule has 0 aliphatic carbocycles. The van der Waals surface area contributed by atoms with Gasteiger partial charge < -0.3 is 14.2 Å². The first kappa shape index (κ1) is 22.4. The van der Waals surface area contributed by atoms with Crippen molar-refractivity contribution in [3.63, 3.8) is 0 Å². The van der Waals surface area contributed by atoms with Crippen LogP contribution in [0.2, 0.25) is 0 Å². The third-order valence-electron chi connectivity index (χ3n) is 5.22. The molecular formula is C22H24N2O7. The fraction of sp³-hybridized carbons (Fsp3) is 0.409. The van der Waals surface area contributed by atoms with E-state index in [4.69, 9.17) is 14.2 Å². The molecule has 1 saturated heterocycles. The zero-order valence-corrected chi connectivity index (χ0v) is 17.7. The topological polar surface area (TPSA) is 118 Å². The minimum Gasteiger partial charge on any atom is -0.465 e. The smallest absolute Gasteiger partial charge is 0.340 e. The molecule has 0 bridgehead atoms. The molecule has 3 rings (SSSR count). The van der Waals surface area contributed by atoms with Crippen molar-refractivity contribution in [1.82, 2.24) is 4.98 Å². The van der Waals surface area contributed by atoms with Crippen molar-refractivity contribution < 1.29 is 28.7 Å². The Labute approximate surface area is 179 Å². The molecule has 0 amide bonds. The summed E-state index contributed by atoms with van der Waals surface area (Å²) in [6.45, 7) is 4.01. The van der Waals surface area contributed by atoms with Gasteiger partial charge in [0.2, 0.25) is 0 Å². The molecule has 0 radical (unpaired) electrons. The van der Waals surface area contributed by atoms with Gasteiger partial charge in [0.25, 0.3) is 5.69 Å². The first-order chi connectivity index (χ1) is 14.8. The lowest BCUT2D eigenvalue weighted by Crippen LogP contribution is -2.18. The van der Waals surface area contributed by atoms with Crippen molar-refractivity contribution in [2.24, 2.45) is 0 Å². The number of nitro benzene ring substituents is 1. The summed E-state index contributed by atoms with van der Waals surface area (Å²) in [6.07, 6.45) is 2.49. The van der Waals surface area contributed by atoms with E-state index in [-0.39, 0.29) is 40.7 Å². The van der Waals surface area contributed by atoms with Crippen LogP contribution in [0.3, 0.4) is 0 Å². The van der Waals surface area contributed by atoms with Gasteiger partial charge in [-0.15, -0.1) is 0 Å². The van der Waals surface area contributed by atoms with Crippen LogP contribution < -0.4 is 0 Å². The van der Waals surface area contributed by atoms with E-state index in [0.29, 0.717) is 24.4 Å². The molecule has 31 heavy (non-hydrogen) atoms. The number of pyridine rings is 1. The van der Waals surface area contributed by atoms with E-state index in [1.807, 2.05) is 0 Å². The number of methoxy groups -OCH3 is 1. The number of hydrogen-bond donors (Lipinski definition) is 0. The summed E-state index contributed by atoms with van der Waals surface area (Å²) in [5.74, 6) is -1.45. The molecule has 1 aromatic heterocycles. The fourth-order valence-electron chi connectivity index (χ4n) is 3.79. The maximum absolute atomic E-state index is 13.1. The number of benzene rings is 1. The molecule has 0 saturated carbocycles. The summed E-state index contributed by atoms with van der Waals surface area (Å²) < 4.78 is 15.9. The maximum Gasteiger partial charge on any atom is 0.340 e. The Balaban J connectivity index is 2.11. The van der Waals surface area contributed by atoms with Crippen LogP contribution in [0.25, 0.3) is 11.1 Å². The first-order valence-corrected chi connectivity index (χ1v) is 9.97. The van der Waals surface area contributed by atoms with E-state index < -0.39 is 16.9 Å². The number of carbonyl (C=O) groups is 2. The monoisotopic (exact) mass is 428 g/mol. The molecular weight excluding hydrogens is 404 g/mol. The molecule has 9 heteroatoms. The number of para-hydroxylation sites is 1. The van der Waals surface area contributed by atoms with Gasteiger partial charge in [-0.05, 0) is 32.8 Å². The highest BCUT2D eigenvalue weighted by molar-refractivity contribution is 6.08.